The van der Waals surface area contributed by atoms with Crippen molar-refractivity contribution in [2.75, 3.05) is 0 Å². The van der Waals surface area contributed by atoms with Gasteiger partial charge in [-0.1, -0.05) is 38.3 Å². The van der Waals surface area contributed by atoms with Gasteiger partial charge in [-0.3, -0.25) is 11.3 Å². The summed E-state index contributed by atoms with van der Waals surface area (Å²) >= 11 is 0. The Morgan fingerprint density at radius 1 is 1.32 bits per heavy atom. The monoisotopic (exact) mass is 264 g/mol. The zero-order valence-electron chi connectivity index (χ0n) is 12.0. The summed E-state index contributed by atoms with van der Waals surface area (Å²) in [5.74, 6) is 6.85. The van der Waals surface area contributed by atoms with Gasteiger partial charge in [-0.15, -0.1) is 0 Å². The predicted octanol–water partition coefficient (Wildman–Crippen LogP) is 3.85. The molecule has 0 spiro atoms. The van der Waals surface area contributed by atoms with E-state index in [4.69, 9.17) is 5.84 Å². The first-order chi connectivity index (χ1) is 9.15. The Labute approximate surface area is 115 Å². The maximum Gasteiger partial charge on any atom is 0.128 e. The van der Waals surface area contributed by atoms with Crippen LogP contribution in [-0.2, 0) is 0 Å². The standard InChI is InChI=1S/C16H25FN2/c1-3-12-5-7-13(8-6-12)16(19-18)14-9-4-11(2)10-15(14)17/h4,9-10,12-13,16,19H,3,5-8,18H2,1-2H3. The molecule has 0 bridgehead atoms. The molecule has 0 aliphatic heterocycles. The molecule has 0 amide bonds. The van der Waals surface area contributed by atoms with Crippen molar-refractivity contribution in [1.82, 2.24) is 5.43 Å². The number of benzene rings is 1. The molecule has 0 radical (unpaired) electrons. The molecule has 1 aromatic carbocycles. The quantitative estimate of drug-likeness (QED) is 0.640. The van der Waals surface area contributed by atoms with E-state index in [1.807, 2.05) is 19.1 Å². The van der Waals surface area contributed by atoms with Gasteiger partial charge in [0.25, 0.3) is 0 Å². The van der Waals surface area contributed by atoms with Gasteiger partial charge in [-0.2, -0.15) is 0 Å². The smallest absolute Gasteiger partial charge is 0.128 e. The molecule has 1 atom stereocenters. The summed E-state index contributed by atoms with van der Waals surface area (Å²) < 4.78 is 14.1. The van der Waals surface area contributed by atoms with Crippen LogP contribution in [-0.4, -0.2) is 0 Å². The number of halogens is 1. The second kappa shape index (κ2) is 6.49. The summed E-state index contributed by atoms with van der Waals surface area (Å²) in [6.45, 7) is 4.16. The molecule has 0 aromatic heterocycles. The lowest BCUT2D eigenvalue weighted by Gasteiger charge is -2.33. The molecule has 1 unspecified atom stereocenters. The lowest BCUT2D eigenvalue weighted by molar-refractivity contribution is 0.217. The van der Waals surface area contributed by atoms with Gasteiger partial charge >= 0.3 is 0 Å². The number of hydrogen-bond donors (Lipinski definition) is 2. The summed E-state index contributed by atoms with van der Waals surface area (Å²) in [6, 6.07) is 5.37. The van der Waals surface area contributed by atoms with E-state index in [2.05, 4.69) is 12.3 Å². The van der Waals surface area contributed by atoms with Crippen LogP contribution in [0.5, 0.6) is 0 Å². The van der Waals surface area contributed by atoms with Crippen molar-refractivity contribution in [1.29, 1.82) is 0 Å². The van der Waals surface area contributed by atoms with E-state index in [9.17, 15) is 4.39 Å². The van der Waals surface area contributed by atoms with Gasteiger partial charge < -0.3 is 0 Å². The maximum absolute atomic E-state index is 14.1. The van der Waals surface area contributed by atoms with Crippen molar-refractivity contribution in [2.45, 2.75) is 52.0 Å². The highest BCUT2D eigenvalue weighted by Gasteiger charge is 2.28. The molecule has 19 heavy (non-hydrogen) atoms. The minimum atomic E-state index is -0.138. The summed E-state index contributed by atoms with van der Waals surface area (Å²) in [5.41, 5.74) is 4.51. The lowest BCUT2D eigenvalue weighted by atomic mass is 9.76. The van der Waals surface area contributed by atoms with Crippen molar-refractivity contribution in [3.8, 4) is 0 Å². The number of hydrogen-bond acceptors (Lipinski definition) is 2. The molecule has 2 nitrogen and oxygen atoms in total. The molecule has 1 aromatic rings. The zero-order chi connectivity index (χ0) is 13.8. The second-order valence-electron chi connectivity index (χ2n) is 5.86. The summed E-state index contributed by atoms with van der Waals surface area (Å²) in [6.07, 6.45) is 6.02. The Bertz CT molecular complexity index is 411. The first kappa shape index (κ1) is 14.5. The van der Waals surface area contributed by atoms with Gasteiger partial charge in [0.15, 0.2) is 0 Å². The Morgan fingerprint density at radius 2 is 2.00 bits per heavy atom. The Kier molecular flexibility index (Phi) is 4.94. The molecule has 106 valence electrons. The largest absolute Gasteiger partial charge is 0.271 e. The summed E-state index contributed by atoms with van der Waals surface area (Å²) in [4.78, 5) is 0. The van der Waals surface area contributed by atoms with E-state index in [1.165, 1.54) is 19.3 Å². The highest BCUT2D eigenvalue weighted by atomic mass is 19.1. The first-order valence-electron chi connectivity index (χ1n) is 7.37. The van der Waals surface area contributed by atoms with Crippen LogP contribution >= 0.6 is 0 Å². The van der Waals surface area contributed by atoms with E-state index < -0.39 is 0 Å². The van der Waals surface area contributed by atoms with Crippen molar-refractivity contribution >= 4 is 0 Å². The minimum absolute atomic E-state index is 0.0570. The van der Waals surface area contributed by atoms with Crippen LogP contribution in [0.2, 0.25) is 0 Å². The van der Waals surface area contributed by atoms with E-state index in [1.54, 1.807) is 6.07 Å². The van der Waals surface area contributed by atoms with Crippen LogP contribution in [0, 0.1) is 24.6 Å². The van der Waals surface area contributed by atoms with Crippen LogP contribution < -0.4 is 11.3 Å². The molecule has 1 aliphatic rings. The lowest BCUT2D eigenvalue weighted by Crippen LogP contribution is -2.36. The van der Waals surface area contributed by atoms with Gasteiger partial charge in [0.2, 0.25) is 0 Å². The molecule has 3 heteroatoms. The molecular formula is C16H25FN2. The fraction of sp³-hybridized carbons (Fsp3) is 0.625. The van der Waals surface area contributed by atoms with Crippen molar-refractivity contribution in [2.24, 2.45) is 17.7 Å². The zero-order valence-corrected chi connectivity index (χ0v) is 12.0. The van der Waals surface area contributed by atoms with Crippen LogP contribution in [0.3, 0.4) is 0 Å². The highest BCUT2D eigenvalue weighted by Crippen LogP contribution is 2.38. The second-order valence-corrected chi connectivity index (χ2v) is 5.86. The Balaban J connectivity index is 2.12. The summed E-state index contributed by atoms with van der Waals surface area (Å²) in [7, 11) is 0. The molecule has 1 fully saturated rings. The molecule has 1 saturated carbocycles. The predicted molar refractivity (Wildman–Crippen MR) is 76.9 cm³/mol. The molecule has 1 aliphatic carbocycles. The third kappa shape index (κ3) is 3.34. The molecule has 2 rings (SSSR count). The Hall–Kier alpha value is -0.930. The molecule has 0 saturated heterocycles. The van der Waals surface area contributed by atoms with E-state index in [0.717, 1.165) is 24.3 Å². The molecule has 0 heterocycles. The van der Waals surface area contributed by atoms with Crippen LogP contribution in [0.1, 0.15) is 56.2 Å². The molecular weight excluding hydrogens is 239 g/mol. The normalized spacial score (nSPS) is 25.3. The van der Waals surface area contributed by atoms with Crippen molar-refractivity contribution in [3.05, 3.63) is 35.1 Å². The van der Waals surface area contributed by atoms with Crippen molar-refractivity contribution in [3.63, 3.8) is 0 Å². The highest BCUT2D eigenvalue weighted by molar-refractivity contribution is 5.26. The average molecular weight is 264 g/mol. The van der Waals surface area contributed by atoms with Gasteiger partial charge in [0.05, 0.1) is 6.04 Å². The fourth-order valence-electron chi connectivity index (χ4n) is 3.29. The number of nitrogens with one attached hydrogen (secondary N) is 1. The van der Waals surface area contributed by atoms with Gasteiger partial charge in [-0.05, 0) is 43.2 Å². The number of nitrogens with two attached hydrogens (primary N) is 1. The Morgan fingerprint density at radius 3 is 2.53 bits per heavy atom. The minimum Gasteiger partial charge on any atom is -0.271 e. The maximum atomic E-state index is 14.1. The third-order valence-electron chi connectivity index (χ3n) is 4.61. The summed E-state index contributed by atoms with van der Waals surface area (Å²) in [5, 5.41) is 0. The number of rotatable bonds is 4. The average Bonchev–Trinajstić information content (AvgIpc) is 2.42. The number of hydrazine groups is 1. The topological polar surface area (TPSA) is 38.0 Å². The first-order valence-corrected chi connectivity index (χ1v) is 7.37. The number of aryl methyl sites for hydroxylation is 1. The van der Waals surface area contributed by atoms with Gasteiger partial charge in [0, 0.05) is 5.56 Å². The van der Waals surface area contributed by atoms with Crippen LogP contribution in [0.4, 0.5) is 4.39 Å². The SMILES string of the molecule is CCC1CCC(C(NN)c2ccc(C)cc2F)CC1. The van der Waals surface area contributed by atoms with Crippen LogP contribution in [0.15, 0.2) is 18.2 Å². The van der Waals surface area contributed by atoms with E-state index in [0.29, 0.717) is 11.5 Å². The fourth-order valence-corrected chi connectivity index (χ4v) is 3.29. The van der Waals surface area contributed by atoms with Gasteiger partial charge in [-0.25, -0.2) is 4.39 Å². The molecule has 3 N–H and O–H groups in total. The van der Waals surface area contributed by atoms with E-state index in [-0.39, 0.29) is 11.9 Å². The van der Waals surface area contributed by atoms with E-state index >= 15 is 0 Å². The third-order valence-corrected chi connectivity index (χ3v) is 4.61. The van der Waals surface area contributed by atoms with Gasteiger partial charge in [0.1, 0.15) is 5.82 Å². The van der Waals surface area contributed by atoms with Crippen LogP contribution in [0.25, 0.3) is 0 Å². The van der Waals surface area contributed by atoms with Crippen molar-refractivity contribution < 1.29 is 4.39 Å².